The van der Waals surface area contributed by atoms with Gasteiger partial charge < -0.3 is 4.74 Å². The van der Waals surface area contributed by atoms with Gasteiger partial charge in [0.15, 0.2) is 0 Å². The predicted molar refractivity (Wildman–Crippen MR) is 63.6 cm³/mol. The quantitative estimate of drug-likeness (QED) is 0.673. The van der Waals surface area contributed by atoms with Gasteiger partial charge in [0.05, 0.1) is 7.11 Å². The van der Waals surface area contributed by atoms with Gasteiger partial charge in [0.25, 0.3) is 0 Å². The first kappa shape index (κ1) is 10.0. The Kier molecular flexibility index (Phi) is 2.91. The maximum Gasteiger partial charge on any atom is 0.126 e. The molecule has 1 aromatic rings. The molecule has 1 nitrogen and oxygen atoms in total. The van der Waals surface area contributed by atoms with E-state index in [-0.39, 0.29) is 0 Å². The topological polar surface area (TPSA) is 9.23 Å². The van der Waals surface area contributed by atoms with Crippen molar-refractivity contribution in [3.05, 3.63) is 46.9 Å². The SMILES string of the molecule is COC1=c2\ccccc2=C(C)CC/C=C\1. The lowest BCUT2D eigenvalue weighted by molar-refractivity contribution is 0.369. The number of rotatable bonds is 1. The molecule has 1 aromatic carbocycles. The van der Waals surface area contributed by atoms with E-state index in [9.17, 15) is 0 Å². The van der Waals surface area contributed by atoms with Crippen LogP contribution in [0.4, 0.5) is 0 Å². The largest absolute Gasteiger partial charge is 0.496 e. The van der Waals surface area contributed by atoms with Crippen molar-refractivity contribution in [1.29, 1.82) is 0 Å². The minimum Gasteiger partial charge on any atom is -0.496 e. The highest BCUT2D eigenvalue weighted by Gasteiger charge is 2.00. The summed E-state index contributed by atoms with van der Waals surface area (Å²) in [5.74, 6) is 0.963. The predicted octanol–water partition coefficient (Wildman–Crippen LogP) is 1.96. The van der Waals surface area contributed by atoms with Crippen LogP contribution in [0.15, 0.2) is 36.4 Å². The van der Waals surface area contributed by atoms with Crippen molar-refractivity contribution in [2.24, 2.45) is 0 Å². The number of hydrogen-bond donors (Lipinski definition) is 0. The van der Waals surface area contributed by atoms with Crippen molar-refractivity contribution in [3.8, 4) is 0 Å². The van der Waals surface area contributed by atoms with Crippen molar-refractivity contribution in [2.75, 3.05) is 7.11 Å². The lowest BCUT2D eigenvalue weighted by Gasteiger charge is -2.07. The molecule has 0 spiro atoms. The molecule has 0 unspecified atom stereocenters. The van der Waals surface area contributed by atoms with Crippen molar-refractivity contribution < 1.29 is 4.74 Å². The molecular formula is C14H16O. The molecule has 0 heterocycles. The van der Waals surface area contributed by atoms with Crippen LogP contribution in [0.1, 0.15) is 19.8 Å². The molecule has 0 atom stereocenters. The van der Waals surface area contributed by atoms with Gasteiger partial charge in [0.2, 0.25) is 0 Å². The molecular weight excluding hydrogens is 184 g/mol. The van der Waals surface area contributed by atoms with Crippen molar-refractivity contribution in [3.63, 3.8) is 0 Å². The van der Waals surface area contributed by atoms with Gasteiger partial charge in [0, 0.05) is 5.22 Å². The normalized spacial score (nSPS) is 21.3. The third-order valence-corrected chi connectivity index (χ3v) is 2.83. The van der Waals surface area contributed by atoms with E-state index in [2.05, 4.69) is 43.3 Å². The summed E-state index contributed by atoms with van der Waals surface area (Å²) in [6, 6.07) is 8.43. The molecule has 0 radical (unpaired) electrons. The highest BCUT2D eigenvalue weighted by molar-refractivity contribution is 5.54. The zero-order valence-electron chi connectivity index (χ0n) is 9.29. The van der Waals surface area contributed by atoms with Gasteiger partial charge in [-0.05, 0) is 31.1 Å². The van der Waals surface area contributed by atoms with Crippen LogP contribution in [0.2, 0.25) is 0 Å². The van der Waals surface area contributed by atoms with E-state index >= 15 is 0 Å². The van der Waals surface area contributed by atoms with Crippen LogP contribution in [0.5, 0.6) is 0 Å². The number of methoxy groups -OCH3 is 1. The third kappa shape index (κ3) is 1.96. The van der Waals surface area contributed by atoms with Crippen LogP contribution in [0.3, 0.4) is 0 Å². The summed E-state index contributed by atoms with van der Waals surface area (Å²) in [4.78, 5) is 0. The Morgan fingerprint density at radius 3 is 2.60 bits per heavy atom. The van der Waals surface area contributed by atoms with Gasteiger partial charge in [-0.3, -0.25) is 0 Å². The summed E-state index contributed by atoms with van der Waals surface area (Å²) < 4.78 is 5.42. The molecule has 0 N–H and O–H groups in total. The Morgan fingerprint density at radius 1 is 1.13 bits per heavy atom. The van der Waals surface area contributed by atoms with Gasteiger partial charge in [0.1, 0.15) is 5.76 Å². The fourth-order valence-corrected chi connectivity index (χ4v) is 1.96. The number of allylic oxidation sites excluding steroid dienone is 1. The molecule has 15 heavy (non-hydrogen) atoms. The average Bonchev–Trinajstić information content (AvgIpc) is 2.27. The minimum absolute atomic E-state index is 0.963. The monoisotopic (exact) mass is 200 g/mol. The van der Waals surface area contributed by atoms with Crippen LogP contribution in [0.25, 0.3) is 11.3 Å². The Bertz CT molecular complexity index is 494. The average molecular weight is 200 g/mol. The number of hydrogen-bond acceptors (Lipinski definition) is 1. The molecule has 1 aliphatic carbocycles. The van der Waals surface area contributed by atoms with Gasteiger partial charge in [-0.2, -0.15) is 0 Å². The van der Waals surface area contributed by atoms with Crippen molar-refractivity contribution in [1.82, 2.24) is 0 Å². The van der Waals surface area contributed by atoms with Crippen molar-refractivity contribution in [2.45, 2.75) is 19.8 Å². The van der Waals surface area contributed by atoms with Crippen molar-refractivity contribution >= 4 is 11.3 Å². The second-order valence-corrected chi connectivity index (χ2v) is 3.84. The van der Waals surface area contributed by atoms with E-state index in [0.29, 0.717) is 0 Å². The minimum atomic E-state index is 0.963. The first-order chi connectivity index (χ1) is 7.33. The number of ether oxygens (including phenoxy) is 1. The number of fused-ring (bicyclic) bond motifs is 1. The van der Waals surface area contributed by atoms with Gasteiger partial charge >= 0.3 is 0 Å². The first-order valence-corrected chi connectivity index (χ1v) is 5.32. The van der Waals surface area contributed by atoms with E-state index in [1.54, 1.807) is 7.11 Å². The van der Waals surface area contributed by atoms with E-state index in [1.807, 2.05) is 0 Å². The summed E-state index contributed by atoms with van der Waals surface area (Å²) >= 11 is 0. The Balaban J connectivity index is 2.87. The molecule has 0 saturated carbocycles. The fourth-order valence-electron chi connectivity index (χ4n) is 1.96. The molecule has 0 saturated heterocycles. The van der Waals surface area contributed by atoms with Crippen LogP contribution in [0, 0.1) is 0 Å². The lowest BCUT2D eigenvalue weighted by atomic mass is 10.0. The molecule has 0 fully saturated rings. The Labute approximate surface area is 90.4 Å². The maximum absolute atomic E-state index is 5.42. The molecule has 0 aromatic heterocycles. The maximum atomic E-state index is 5.42. The van der Waals surface area contributed by atoms with E-state index < -0.39 is 0 Å². The fraction of sp³-hybridized carbons (Fsp3) is 0.286. The van der Waals surface area contributed by atoms with Crippen LogP contribution >= 0.6 is 0 Å². The highest BCUT2D eigenvalue weighted by atomic mass is 16.5. The smallest absolute Gasteiger partial charge is 0.126 e. The molecule has 78 valence electrons. The summed E-state index contributed by atoms with van der Waals surface area (Å²) in [5.41, 5.74) is 1.43. The highest BCUT2D eigenvalue weighted by Crippen LogP contribution is 2.07. The van der Waals surface area contributed by atoms with Gasteiger partial charge in [-0.15, -0.1) is 0 Å². The molecule has 1 aliphatic rings. The molecule has 1 heteroatoms. The Hall–Kier alpha value is -1.50. The Morgan fingerprint density at radius 2 is 1.87 bits per heavy atom. The lowest BCUT2D eigenvalue weighted by Crippen LogP contribution is -2.29. The van der Waals surface area contributed by atoms with E-state index in [1.165, 1.54) is 16.0 Å². The summed E-state index contributed by atoms with van der Waals surface area (Å²) in [7, 11) is 1.73. The zero-order valence-corrected chi connectivity index (χ0v) is 9.29. The van der Waals surface area contributed by atoms with Crippen LogP contribution < -0.4 is 10.4 Å². The standard InChI is InChI=1S/C14H16O/c1-11-7-3-6-10-14(15-2)13-9-5-4-8-12(11)13/h4-6,8-10H,3,7H2,1-2H3/b10-6-,12-11?,14-13+. The molecule has 0 amide bonds. The summed E-state index contributed by atoms with van der Waals surface area (Å²) in [6.45, 7) is 2.20. The second-order valence-electron chi connectivity index (χ2n) is 3.84. The zero-order chi connectivity index (χ0) is 10.7. The van der Waals surface area contributed by atoms with E-state index in [4.69, 9.17) is 4.74 Å². The van der Waals surface area contributed by atoms with Crippen LogP contribution in [-0.4, -0.2) is 7.11 Å². The summed E-state index contributed by atoms with van der Waals surface area (Å²) in [6.07, 6.45) is 6.47. The van der Waals surface area contributed by atoms with E-state index in [0.717, 1.165) is 18.6 Å². The molecule has 2 rings (SSSR count). The van der Waals surface area contributed by atoms with Gasteiger partial charge in [-0.25, -0.2) is 0 Å². The second kappa shape index (κ2) is 4.35. The first-order valence-electron chi connectivity index (χ1n) is 5.32. The summed E-state index contributed by atoms with van der Waals surface area (Å²) in [5, 5.41) is 2.52. The van der Waals surface area contributed by atoms with Gasteiger partial charge in [-0.1, -0.05) is 35.9 Å². The number of benzene rings is 1. The molecule has 0 bridgehead atoms. The van der Waals surface area contributed by atoms with Crippen LogP contribution in [-0.2, 0) is 4.74 Å². The third-order valence-electron chi connectivity index (χ3n) is 2.83. The molecule has 0 aliphatic heterocycles.